The van der Waals surface area contributed by atoms with Gasteiger partial charge in [0.2, 0.25) is 0 Å². The molecule has 0 spiro atoms. The molecule has 0 bridgehead atoms. The lowest BCUT2D eigenvalue weighted by Crippen LogP contribution is -2.05. The summed E-state index contributed by atoms with van der Waals surface area (Å²) in [5.41, 5.74) is 7.76. The Morgan fingerprint density at radius 3 is 2.81 bits per heavy atom. The second-order valence-corrected chi connectivity index (χ2v) is 4.91. The molecule has 0 radical (unpaired) electrons. The SMILES string of the molecule is CCCc1nn(C)c(-n2cc(I)cn2)c1N. The summed E-state index contributed by atoms with van der Waals surface area (Å²) >= 11 is 2.22. The first kappa shape index (κ1) is 11.4. The predicted molar refractivity (Wildman–Crippen MR) is 71.5 cm³/mol. The summed E-state index contributed by atoms with van der Waals surface area (Å²) in [5, 5.41) is 8.66. The molecule has 2 N–H and O–H groups in total. The molecule has 5 nitrogen and oxygen atoms in total. The van der Waals surface area contributed by atoms with Crippen LogP contribution in [0.2, 0.25) is 0 Å². The number of halogens is 1. The summed E-state index contributed by atoms with van der Waals surface area (Å²) in [4.78, 5) is 0. The molecule has 86 valence electrons. The fraction of sp³-hybridized carbons (Fsp3) is 0.400. The monoisotopic (exact) mass is 331 g/mol. The zero-order valence-corrected chi connectivity index (χ0v) is 11.5. The van der Waals surface area contributed by atoms with Gasteiger partial charge in [-0.05, 0) is 29.0 Å². The van der Waals surface area contributed by atoms with Crippen molar-refractivity contribution in [1.82, 2.24) is 19.6 Å². The molecule has 0 saturated carbocycles. The molecule has 2 heterocycles. The fourth-order valence-corrected chi connectivity index (χ4v) is 2.08. The van der Waals surface area contributed by atoms with Crippen molar-refractivity contribution in [1.29, 1.82) is 0 Å². The summed E-state index contributed by atoms with van der Waals surface area (Å²) in [5.74, 6) is 0.839. The van der Waals surface area contributed by atoms with Crippen molar-refractivity contribution < 1.29 is 0 Å². The van der Waals surface area contributed by atoms with Crippen LogP contribution < -0.4 is 5.73 Å². The minimum Gasteiger partial charge on any atom is -0.394 e. The van der Waals surface area contributed by atoms with Crippen LogP contribution in [0.3, 0.4) is 0 Å². The molecule has 0 unspecified atom stereocenters. The van der Waals surface area contributed by atoms with E-state index in [2.05, 4.69) is 39.7 Å². The number of nitrogens with two attached hydrogens (primary N) is 1. The lowest BCUT2D eigenvalue weighted by Gasteiger charge is -2.02. The number of rotatable bonds is 3. The Balaban J connectivity index is 2.48. The molecule has 0 aromatic carbocycles. The topological polar surface area (TPSA) is 61.7 Å². The number of anilines is 1. The van der Waals surface area contributed by atoms with Gasteiger partial charge in [-0.25, -0.2) is 9.36 Å². The van der Waals surface area contributed by atoms with Crippen LogP contribution in [0.4, 0.5) is 5.69 Å². The maximum atomic E-state index is 6.08. The van der Waals surface area contributed by atoms with E-state index in [1.807, 2.05) is 13.2 Å². The van der Waals surface area contributed by atoms with Crippen LogP contribution in [0.25, 0.3) is 5.82 Å². The molecule has 0 atom stereocenters. The van der Waals surface area contributed by atoms with Gasteiger partial charge in [-0.1, -0.05) is 13.3 Å². The van der Waals surface area contributed by atoms with Gasteiger partial charge in [0.05, 0.1) is 15.5 Å². The third kappa shape index (κ3) is 1.93. The molecule has 6 heteroatoms. The highest BCUT2D eigenvalue weighted by Crippen LogP contribution is 2.21. The van der Waals surface area contributed by atoms with Crippen molar-refractivity contribution >= 4 is 28.3 Å². The maximum absolute atomic E-state index is 6.08. The van der Waals surface area contributed by atoms with Crippen LogP contribution >= 0.6 is 22.6 Å². The molecule has 0 saturated heterocycles. The number of hydrogen-bond donors (Lipinski definition) is 1. The molecular weight excluding hydrogens is 317 g/mol. The Morgan fingerprint density at radius 1 is 1.50 bits per heavy atom. The van der Waals surface area contributed by atoms with Crippen molar-refractivity contribution in [2.45, 2.75) is 19.8 Å². The molecule has 0 fully saturated rings. The van der Waals surface area contributed by atoms with Gasteiger partial charge in [0.15, 0.2) is 5.82 Å². The quantitative estimate of drug-likeness (QED) is 0.872. The van der Waals surface area contributed by atoms with E-state index in [-0.39, 0.29) is 0 Å². The highest BCUT2D eigenvalue weighted by molar-refractivity contribution is 14.1. The number of hydrogen-bond acceptors (Lipinski definition) is 3. The fourth-order valence-electron chi connectivity index (χ4n) is 1.70. The number of nitrogens with zero attached hydrogens (tertiary/aromatic N) is 4. The highest BCUT2D eigenvalue weighted by Gasteiger charge is 2.14. The summed E-state index contributed by atoms with van der Waals surface area (Å²) in [6.07, 6.45) is 5.67. The lowest BCUT2D eigenvalue weighted by atomic mass is 10.2. The third-order valence-corrected chi connectivity index (χ3v) is 2.94. The number of aryl methyl sites for hydroxylation is 2. The third-order valence-electron chi connectivity index (χ3n) is 2.38. The van der Waals surface area contributed by atoms with Crippen LogP contribution in [0.1, 0.15) is 19.0 Å². The molecular formula is C10H14IN5. The second kappa shape index (κ2) is 4.44. The molecule has 2 aromatic rings. The average Bonchev–Trinajstić information content (AvgIpc) is 2.74. The van der Waals surface area contributed by atoms with Gasteiger partial charge in [0, 0.05) is 13.2 Å². The number of nitrogen functional groups attached to an aromatic ring is 1. The van der Waals surface area contributed by atoms with E-state index in [0.717, 1.165) is 33.6 Å². The van der Waals surface area contributed by atoms with E-state index in [0.29, 0.717) is 0 Å². The standard InChI is InChI=1S/C10H14IN5/c1-3-4-8-9(12)10(15(2)14-8)16-6-7(11)5-13-16/h5-6H,3-4,12H2,1-2H3. The predicted octanol–water partition coefficient (Wildman–Crippen LogP) is 1.75. The average molecular weight is 331 g/mol. The van der Waals surface area contributed by atoms with E-state index < -0.39 is 0 Å². The van der Waals surface area contributed by atoms with Crippen molar-refractivity contribution in [3.8, 4) is 5.82 Å². The summed E-state index contributed by atoms with van der Waals surface area (Å²) in [6.45, 7) is 2.12. The van der Waals surface area contributed by atoms with Crippen molar-refractivity contribution in [3.05, 3.63) is 21.7 Å². The van der Waals surface area contributed by atoms with Gasteiger partial charge in [0.1, 0.15) is 5.69 Å². The first-order valence-corrected chi connectivity index (χ1v) is 6.23. The zero-order valence-electron chi connectivity index (χ0n) is 9.31. The first-order valence-electron chi connectivity index (χ1n) is 5.15. The van der Waals surface area contributed by atoms with Gasteiger partial charge >= 0.3 is 0 Å². The first-order chi connectivity index (χ1) is 7.63. The Labute approximate surface area is 108 Å². The van der Waals surface area contributed by atoms with Crippen LogP contribution in [0.15, 0.2) is 12.4 Å². The highest BCUT2D eigenvalue weighted by atomic mass is 127. The molecule has 2 aromatic heterocycles. The van der Waals surface area contributed by atoms with Gasteiger partial charge < -0.3 is 5.73 Å². The van der Waals surface area contributed by atoms with Crippen molar-refractivity contribution in [2.75, 3.05) is 5.73 Å². The Morgan fingerprint density at radius 2 is 2.25 bits per heavy atom. The maximum Gasteiger partial charge on any atom is 0.175 e. The van der Waals surface area contributed by atoms with Crippen molar-refractivity contribution in [3.63, 3.8) is 0 Å². The summed E-state index contributed by atoms with van der Waals surface area (Å²) < 4.78 is 4.63. The molecule has 16 heavy (non-hydrogen) atoms. The van der Waals surface area contributed by atoms with Gasteiger partial charge in [-0.3, -0.25) is 0 Å². The van der Waals surface area contributed by atoms with Crippen LogP contribution in [0.5, 0.6) is 0 Å². The van der Waals surface area contributed by atoms with E-state index in [4.69, 9.17) is 5.73 Å². The van der Waals surface area contributed by atoms with E-state index in [1.54, 1.807) is 15.6 Å². The van der Waals surface area contributed by atoms with E-state index in [9.17, 15) is 0 Å². The van der Waals surface area contributed by atoms with Crippen LogP contribution in [-0.2, 0) is 13.5 Å². The molecule has 0 aliphatic rings. The number of aromatic nitrogens is 4. The minimum atomic E-state index is 0.726. The van der Waals surface area contributed by atoms with Crippen molar-refractivity contribution in [2.24, 2.45) is 7.05 Å². The largest absolute Gasteiger partial charge is 0.394 e. The van der Waals surface area contributed by atoms with Gasteiger partial charge in [0.25, 0.3) is 0 Å². The Bertz CT molecular complexity index is 499. The second-order valence-electron chi connectivity index (χ2n) is 3.66. The molecule has 0 aliphatic carbocycles. The lowest BCUT2D eigenvalue weighted by molar-refractivity contribution is 0.685. The van der Waals surface area contributed by atoms with E-state index in [1.165, 1.54) is 0 Å². The van der Waals surface area contributed by atoms with Crippen LogP contribution in [0, 0.1) is 3.57 Å². The summed E-state index contributed by atoms with van der Waals surface area (Å²) in [7, 11) is 1.89. The molecule has 2 rings (SSSR count). The Kier molecular flexibility index (Phi) is 3.17. The van der Waals surface area contributed by atoms with Gasteiger partial charge in [-0.2, -0.15) is 10.2 Å². The molecule has 0 aliphatic heterocycles. The normalized spacial score (nSPS) is 10.9. The minimum absolute atomic E-state index is 0.726. The Hall–Kier alpha value is -1.05. The van der Waals surface area contributed by atoms with Crippen LogP contribution in [-0.4, -0.2) is 19.6 Å². The zero-order chi connectivity index (χ0) is 11.7. The summed E-state index contributed by atoms with van der Waals surface area (Å²) in [6, 6.07) is 0. The van der Waals surface area contributed by atoms with E-state index >= 15 is 0 Å². The van der Waals surface area contributed by atoms with Gasteiger partial charge in [-0.15, -0.1) is 0 Å². The smallest absolute Gasteiger partial charge is 0.175 e. The molecule has 0 amide bonds.